The standard InChI is InChI=1S/C14H18F2N2O/c1-8(9-3-6-11(15)12(16)7-9)18-13(19)14(2,17)10-4-5-10/h3,6-8,10H,4-5,17H2,1-2H3,(H,18,19). The average molecular weight is 268 g/mol. The van der Waals surface area contributed by atoms with Crippen molar-refractivity contribution in [3.63, 3.8) is 0 Å². The largest absolute Gasteiger partial charge is 0.348 e. The molecule has 104 valence electrons. The van der Waals surface area contributed by atoms with Crippen LogP contribution in [0.5, 0.6) is 0 Å². The predicted octanol–water partition coefficient (Wildman–Crippen LogP) is 2.27. The second kappa shape index (κ2) is 4.89. The zero-order chi connectivity index (χ0) is 14.2. The van der Waals surface area contributed by atoms with E-state index in [-0.39, 0.29) is 11.8 Å². The van der Waals surface area contributed by atoms with Crippen molar-refractivity contribution >= 4 is 5.91 Å². The third kappa shape index (κ3) is 2.92. The molecule has 1 aliphatic rings. The van der Waals surface area contributed by atoms with E-state index in [9.17, 15) is 13.6 Å². The summed E-state index contributed by atoms with van der Waals surface area (Å²) in [6.07, 6.45) is 1.92. The maximum atomic E-state index is 13.1. The number of benzene rings is 1. The van der Waals surface area contributed by atoms with Crippen molar-refractivity contribution < 1.29 is 13.6 Å². The monoisotopic (exact) mass is 268 g/mol. The van der Waals surface area contributed by atoms with Gasteiger partial charge in [-0.05, 0) is 50.3 Å². The average Bonchev–Trinajstić information content (AvgIpc) is 3.16. The van der Waals surface area contributed by atoms with Gasteiger partial charge in [0.2, 0.25) is 5.91 Å². The molecule has 2 atom stereocenters. The van der Waals surface area contributed by atoms with Crippen LogP contribution in [0.1, 0.15) is 38.3 Å². The van der Waals surface area contributed by atoms with Crippen molar-refractivity contribution in [2.45, 2.75) is 38.3 Å². The molecule has 5 heteroatoms. The first kappa shape index (κ1) is 13.9. The molecule has 3 nitrogen and oxygen atoms in total. The van der Waals surface area contributed by atoms with Crippen molar-refractivity contribution in [3.8, 4) is 0 Å². The molecule has 1 aromatic carbocycles. The van der Waals surface area contributed by atoms with Crippen molar-refractivity contribution in [2.24, 2.45) is 11.7 Å². The first-order valence-electron chi connectivity index (χ1n) is 6.37. The Morgan fingerprint density at radius 1 is 1.42 bits per heavy atom. The van der Waals surface area contributed by atoms with E-state index >= 15 is 0 Å². The van der Waals surface area contributed by atoms with E-state index in [4.69, 9.17) is 5.73 Å². The molecule has 1 saturated carbocycles. The normalized spacial score (nSPS) is 19.6. The minimum atomic E-state index is -0.920. The zero-order valence-electron chi connectivity index (χ0n) is 11.0. The van der Waals surface area contributed by atoms with Gasteiger partial charge < -0.3 is 11.1 Å². The number of carbonyl (C=O) groups excluding carboxylic acids is 1. The Hall–Kier alpha value is -1.49. The van der Waals surface area contributed by atoms with Crippen LogP contribution in [-0.4, -0.2) is 11.4 Å². The molecule has 0 aromatic heterocycles. The number of rotatable bonds is 4. The van der Waals surface area contributed by atoms with Crippen LogP contribution < -0.4 is 11.1 Å². The Kier molecular flexibility index (Phi) is 3.58. The number of hydrogen-bond donors (Lipinski definition) is 2. The van der Waals surface area contributed by atoms with Crippen LogP contribution in [0.4, 0.5) is 8.78 Å². The summed E-state index contributed by atoms with van der Waals surface area (Å²) in [5, 5.41) is 2.75. The molecule has 1 amide bonds. The number of nitrogens with two attached hydrogens (primary N) is 1. The highest BCUT2D eigenvalue weighted by atomic mass is 19.2. The lowest BCUT2D eigenvalue weighted by Crippen LogP contribution is -2.53. The molecule has 2 rings (SSSR count). The fraction of sp³-hybridized carbons (Fsp3) is 0.500. The lowest BCUT2D eigenvalue weighted by Gasteiger charge is -2.26. The third-order valence-corrected chi connectivity index (χ3v) is 3.71. The molecule has 0 radical (unpaired) electrons. The lowest BCUT2D eigenvalue weighted by molar-refractivity contribution is -0.127. The van der Waals surface area contributed by atoms with Crippen LogP contribution in [0, 0.1) is 17.6 Å². The summed E-state index contributed by atoms with van der Waals surface area (Å²) in [4.78, 5) is 12.1. The molecule has 0 heterocycles. The lowest BCUT2D eigenvalue weighted by atomic mass is 9.95. The van der Waals surface area contributed by atoms with Gasteiger partial charge in [-0.3, -0.25) is 4.79 Å². The summed E-state index contributed by atoms with van der Waals surface area (Å²) in [6, 6.07) is 3.18. The van der Waals surface area contributed by atoms with Gasteiger partial charge in [-0.2, -0.15) is 0 Å². The smallest absolute Gasteiger partial charge is 0.240 e. The second-order valence-corrected chi connectivity index (χ2v) is 5.43. The molecule has 0 spiro atoms. The van der Waals surface area contributed by atoms with Crippen LogP contribution in [0.15, 0.2) is 18.2 Å². The minimum absolute atomic E-state index is 0.213. The van der Waals surface area contributed by atoms with Crippen molar-refractivity contribution in [1.29, 1.82) is 0 Å². The van der Waals surface area contributed by atoms with E-state index in [1.807, 2.05) is 0 Å². The molecule has 0 bridgehead atoms. The summed E-state index contributed by atoms with van der Waals surface area (Å²) < 4.78 is 26.0. The third-order valence-electron chi connectivity index (χ3n) is 3.71. The van der Waals surface area contributed by atoms with Crippen LogP contribution >= 0.6 is 0 Å². The maximum absolute atomic E-state index is 13.1. The quantitative estimate of drug-likeness (QED) is 0.880. The Bertz CT molecular complexity index is 498. The summed E-state index contributed by atoms with van der Waals surface area (Å²) >= 11 is 0. The van der Waals surface area contributed by atoms with Gasteiger partial charge in [0, 0.05) is 0 Å². The van der Waals surface area contributed by atoms with E-state index < -0.39 is 23.2 Å². The van der Waals surface area contributed by atoms with Crippen LogP contribution in [0.25, 0.3) is 0 Å². The molecule has 19 heavy (non-hydrogen) atoms. The van der Waals surface area contributed by atoms with Crippen LogP contribution in [0.3, 0.4) is 0 Å². The summed E-state index contributed by atoms with van der Waals surface area (Å²) in [6.45, 7) is 3.42. The summed E-state index contributed by atoms with van der Waals surface area (Å²) in [7, 11) is 0. The SMILES string of the molecule is CC(NC(=O)C(C)(N)C1CC1)c1ccc(F)c(F)c1. The van der Waals surface area contributed by atoms with Gasteiger partial charge in [0.1, 0.15) is 0 Å². The Labute approximate surface area is 111 Å². The molecule has 2 unspecified atom stereocenters. The zero-order valence-corrected chi connectivity index (χ0v) is 11.0. The first-order valence-corrected chi connectivity index (χ1v) is 6.37. The van der Waals surface area contributed by atoms with E-state index in [0.717, 1.165) is 25.0 Å². The fourth-order valence-corrected chi connectivity index (χ4v) is 2.09. The van der Waals surface area contributed by atoms with E-state index in [1.54, 1.807) is 13.8 Å². The molecule has 3 N–H and O–H groups in total. The predicted molar refractivity (Wildman–Crippen MR) is 68.2 cm³/mol. The molecular formula is C14H18F2N2O. The van der Waals surface area contributed by atoms with Crippen LogP contribution in [-0.2, 0) is 4.79 Å². The van der Waals surface area contributed by atoms with Gasteiger partial charge >= 0.3 is 0 Å². The van der Waals surface area contributed by atoms with E-state index in [0.29, 0.717) is 5.56 Å². The second-order valence-electron chi connectivity index (χ2n) is 5.43. The van der Waals surface area contributed by atoms with Crippen LogP contribution in [0.2, 0.25) is 0 Å². The molecule has 1 aliphatic carbocycles. The Balaban J connectivity index is 2.06. The summed E-state index contributed by atoms with van der Waals surface area (Å²) in [5.41, 5.74) is 5.62. The van der Waals surface area contributed by atoms with Crippen molar-refractivity contribution in [2.75, 3.05) is 0 Å². The molecule has 0 aliphatic heterocycles. The van der Waals surface area contributed by atoms with Gasteiger partial charge in [0.25, 0.3) is 0 Å². The first-order chi connectivity index (χ1) is 8.82. The molecular weight excluding hydrogens is 250 g/mol. The topological polar surface area (TPSA) is 55.1 Å². The van der Waals surface area contributed by atoms with Crippen molar-refractivity contribution in [1.82, 2.24) is 5.32 Å². The molecule has 1 aromatic rings. The highest BCUT2D eigenvalue weighted by Crippen LogP contribution is 2.38. The van der Waals surface area contributed by atoms with Gasteiger partial charge in [-0.15, -0.1) is 0 Å². The fourth-order valence-electron chi connectivity index (χ4n) is 2.09. The number of carbonyl (C=O) groups is 1. The van der Waals surface area contributed by atoms with Gasteiger partial charge in [-0.1, -0.05) is 6.07 Å². The Morgan fingerprint density at radius 2 is 2.05 bits per heavy atom. The number of amides is 1. The van der Waals surface area contributed by atoms with Gasteiger partial charge in [-0.25, -0.2) is 8.78 Å². The molecule has 1 fully saturated rings. The molecule has 0 saturated heterocycles. The van der Waals surface area contributed by atoms with Crippen molar-refractivity contribution in [3.05, 3.63) is 35.4 Å². The van der Waals surface area contributed by atoms with Gasteiger partial charge in [0.05, 0.1) is 11.6 Å². The summed E-state index contributed by atoms with van der Waals surface area (Å²) in [5.74, 6) is -1.86. The number of nitrogens with one attached hydrogen (secondary N) is 1. The van der Waals surface area contributed by atoms with E-state index in [1.165, 1.54) is 6.07 Å². The maximum Gasteiger partial charge on any atom is 0.240 e. The minimum Gasteiger partial charge on any atom is -0.348 e. The highest BCUT2D eigenvalue weighted by Gasteiger charge is 2.44. The van der Waals surface area contributed by atoms with E-state index in [2.05, 4.69) is 5.32 Å². The number of halogens is 2. The number of hydrogen-bond acceptors (Lipinski definition) is 2. The highest BCUT2D eigenvalue weighted by molar-refractivity contribution is 5.86. The van der Waals surface area contributed by atoms with Gasteiger partial charge in [0.15, 0.2) is 11.6 Å². The Morgan fingerprint density at radius 3 is 2.58 bits per heavy atom.